The fraction of sp³-hybridized carbons (Fsp3) is 0.588. The third-order valence-electron chi connectivity index (χ3n) is 13.1. The Balaban J connectivity index is 1.12. The topological polar surface area (TPSA) is 259 Å². The monoisotopic (exact) mass is 989 g/mol. The number of esters is 1. The van der Waals surface area contributed by atoms with Gasteiger partial charge in [-0.1, -0.05) is 74.2 Å². The average molecular weight is 990 g/mol. The summed E-state index contributed by atoms with van der Waals surface area (Å²) < 4.78 is 5.28. The summed E-state index contributed by atoms with van der Waals surface area (Å²) in [4.78, 5) is 119. The number of ketones is 1. The van der Waals surface area contributed by atoms with Crippen LogP contribution >= 0.6 is 11.8 Å². The minimum atomic E-state index is -1.56. The van der Waals surface area contributed by atoms with Crippen molar-refractivity contribution in [3.63, 3.8) is 0 Å². The number of rotatable bonds is 27. The lowest BCUT2D eigenvalue weighted by atomic mass is 9.97. The molecule has 7 amide bonds. The number of thioether (sulfide) groups is 1. The van der Waals surface area contributed by atoms with E-state index in [1.165, 1.54) is 4.90 Å². The van der Waals surface area contributed by atoms with Crippen LogP contribution in [0.1, 0.15) is 129 Å². The van der Waals surface area contributed by atoms with E-state index in [4.69, 9.17) is 4.74 Å². The van der Waals surface area contributed by atoms with E-state index >= 15 is 0 Å². The van der Waals surface area contributed by atoms with Gasteiger partial charge in [-0.05, 0) is 88.8 Å². The molecule has 3 heterocycles. The van der Waals surface area contributed by atoms with E-state index in [-0.39, 0.29) is 61.3 Å². The number of hydrogen-bond acceptors (Lipinski definition) is 11. The Morgan fingerprint density at radius 1 is 0.829 bits per heavy atom. The smallest absolute Gasteiger partial charge is 0.339 e. The molecule has 70 heavy (non-hydrogen) atoms. The third-order valence-corrected chi connectivity index (χ3v) is 14.6. The van der Waals surface area contributed by atoms with Gasteiger partial charge < -0.3 is 46.6 Å². The summed E-state index contributed by atoms with van der Waals surface area (Å²) in [5.74, 6) is -4.26. The molecule has 4 unspecified atom stereocenters. The number of carbonyl (C=O) groups is 9. The number of aliphatic carboxylic acids is 1. The van der Waals surface area contributed by atoms with Gasteiger partial charge >= 0.3 is 18.0 Å². The zero-order chi connectivity index (χ0) is 50.7. The van der Waals surface area contributed by atoms with Crippen molar-refractivity contribution in [1.29, 1.82) is 0 Å². The largest absolute Gasteiger partial charge is 0.481 e. The molecule has 3 aliphatic heterocycles. The van der Waals surface area contributed by atoms with Crippen molar-refractivity contribution < 1.29 is 53.0 Å². The van der Waals surface area contributed by atoms with Crippen LogP contribution in [0.15, 0.2) is 42.5 Å². The number of benzene rings is 2. The van der Waals surface area contributed by atoms with Crippen LogP contribution in [-0.2, 0) is 44.7 Å². The second-order valence-electron chi connectivity index (χ2n) is 18.7. The number of carboxylic acids is 1. The number of fused-ring (bicyclic) bond motifs is 1. The van der Waals surface area contributed by atoms with Gasteiger partial charge in [-0.15, -0.1) is 0 Å². The van der Waals surface area contributed by atoms with Crippen LogP contribution in [-0.4, -0.2) is 130 Å². The Morgan fingerprint density at radius 3 is 2.26 bits per heavy atom. The fourth-order valence-electron chi connectivity index (χ4n) is 9.24. The van der Waals surface area contributed by atoms with E-state index in [2.05, 4.69) is 31.9 Å². The number of Topliss-reactive ketones (excluding diaryl/α,β-unsaturated/α-hetero) is 1. The van der Waals surface area contributed by atoms with Crippen molar-refractivity contribution in [2.75, 3.05) is 25.4 Å². The van der Waals surface area contributed by atoms with E-state index in [1.807, 2.05) is 49.9 Å². The molecule has 2 aromatic rings. The van der Waals surface area contributed by atoms with Crippen molar-refractivity contribution in [1.82, 2.24) is 36.8 Å². The van der Waals surface area contributed by atoms with Crippen LogP contribution in [0, 0.1) is 20.8 Å². The standard InChI is InChI=1S/C51H71N7O11S/c1-5-14-35(53-43(61)20-7-6-11-25-52-42(60)19-9-8-18-41-46-38(30-70-41)56-51(68)57-46)47(64)55-37(27-34-23-21-31(2)22-24-34)49(66)58-26-12-10-17-39(58)48(65)54-36(28-44(62)63)40(59)29-69-50(67)45-32(3)15-13-16-33(45)4/h13,15-16,21-24,35-39,41,46H,5-12,14,17-20,25-30H2,1-4H3,(H,52,60)(H,53,61)(H,54,65)(H,55,64)(H,62,63)(H2,56,57,68)/t35?,36-,37+,38?,39+,41?,46?/m0/s1. The Kier molecular flexibility index (Phi) is 21.5. The first-order valence-electron chi connectivity index (χ1n) is 24.7. The maximum Gasteiger partial charge on any atom is 0.339 e. The maximum atomic E-state index is 14.6. The number of hydrogen-bond donors (Lipinski definition) is 7. The number of ether oxygens (including phenoxy) is 1. The van der Waals surface area contributed by atoms with E-state index in [1.54, 1.807) is 32.0 Å². The maximum absolute atomic E-state index is 14.6. The molecule has 7 N–H and O–H groups in total. The summed E-state index contributed by atoms with van der Waals surface area (Å²) in [5, 5.41) is 27.2. The molecule has 3 aliphatic rings. The quantitative estimate of drug-likeness (QED) is 0.0380. The van der Waals surface area contributed by atoms with Crippen LogP contribution in [0.2, 0.25) is 0 Å². The molecule has 3 fully saturated rings. The summed E-state index contributed by atoms with van der Waals surface area (Å²) in [5.41, 5.74) is 3.28. The number of likely N-dealkylation sites (tertiary alicyclic amines) is 1. The molecule has 0 aromatic heterocycles. The van der Waals surface area contributed by atoms with E-state index in [0.717, 1.165) is 36.1 Å². The number of unbranched alkanes of at least 4 members (excludes halogenated alkanes) is 3. The van der Waals surface area contributed by atoms with Crippen molar-refractivity contribution in [3.8, 4) is 0 Å². The van der Waals surface area contributed by atoms with Gasteiger partial charge in [0.2, 0.25) is 29.5 Å². The molecule has 3 saturated heterocycles. The third kappa shape index (κ3) is 16.6. The average Bonchev–Trinajstić information content (AvgIpc) is 3.89. The van der Waals surface area contributed by atoms with Crippen LogP contribution in [0.3, 0.4) is 0 Å². The van der Waals surface area contributed by atoms with Crippen LogP contribution in [0.4, 0.5) is 4.79 Å². The summed E-state index contributed by atoms with van der Waals surface area (Å²) in [6.07, 6.45) is 6.58. The lowest BCUT2D eigenvalue weighted by Gasteiger charge is -2.38. The molecule has 382 valence electrons. The van der Waals surface area contributed by atoms with E-state index < -0.39 is 72.6 Å². The highest BCUT2D eigenvalue weighted by atomic mass is 32.2. The molecule has 0 bridgehead atoms. The molecular weight excluding hydrogens is 919 g/mol. The minimum Gasteiger partial charge on any atom is -0.481 e. The number of urea groups is 1. The zero-order valence-corrected chi connectivity index (χ0v) is 41.7. The SMILES string of the molecule is CCCC(NC(=O)CCCCCNC(=O)CCCCC1SCC2NC(=O)NC21)C(=O)N[C@H](Cc1ccc(C)cc1)C(=O)N1CCCC[C@@H]1C(=O)N[C@@H](CC(=O)O)C(=O)COC(=O)c1c(C)cccc1C. The first-order chi connectivity index (χ1) is 33.5. The Hall–Kier alpha value is -5.98. The van der Waals surface area contributed by atoms with Gasteiger partial charge in [0.1, 0.15) is 24.2 Å². The lowest BCUT2D eigenvalue weighted by Crippen LogP contribution is -2.60. The fourth-order valence-corrected chi connectivity index (χ4v) is 10.8. The zero-order valence-electron chi connectivity index (χ0n) is 40.9. The second kappa shape index (κ2) is 27.4. The molecule has 19 heteroatoms. The van der Waals surface area contributed by atoms with Gasteiger partial charge in [0.15, 0.2) is 12.4 Å². The molecule has 7 atom stereocenters. The van der Waals surface area contributed by atoms with Gasteiger partial charge in [-0.3, -0.25) is 33.6 Å². The van der Waals surface area contributed by atoms with Gasteiger partial charge in [-0.25, -0.2) is 9.59 Å². The van der Waals surface area contributed by atoms with Crippen molar-refractivity contribution in [3.05, 3.63) is 70.3 Å². The lowest BCUT2D eigenvalue weighted by molar-refractivity contribution is -0.146. The Morgan fingerprint density at radius 2 is 1.54 bits per heavy atom. The predicted octanol–water partition coefficient (Wildman–Crippen LogP) is 4.09. The normalized spacial score (nSPS) is 19.6. The molecule has 0 radical (unpaired) electrons. The van der Waals surface area contributed by atoms with Gasteiger partial charge in [-0.2, -0.15) is 11.8 Å². The minimum absolute atomic E-state index is 0.0148. The number of piperidine rings is 1. The van der Waals surface area contributed by atoms with Gasteiger partial charge in [0.25, 0.3) is 0 Å². The van der Waals surface area contributed by atoms with Crippen LogP contribution in [0.5, 0.6) is 0 Å². The molecule has 0 aliphatic carbocycles. The first-order valence-corrected chi connectivity index (χ1v) is 25.8. The van der Waals surface area contributed by atoms with Crippen LogP contribution < -0.4 is 31.9 Å². The summed E-state index contributed by atoms with van der Waals surface area (Å²) in [6, 6.07) is 8.15. The number of amides is 7. The number of nitrogens with zero attached hydrogens (tertiary/aromatic N) is 1. The highest BCUT2D eigenvalue weighted by Crippen LogP contribution is 2.33. The van der Waals surface area contributed by atoms with E-state index in [9.17, 15) is 48.3 Å². The number of carbonyl (C=O) groups excluding carboxylic acids is 8. The number of nitrogens with one attached hydrogen (secondary N) is 6. The first kappa shape index (κ1) is 55.0. The summed E-state index contributed by atoms with van der Waals surface area (Å²) >= 11 is 1.86. The van der Waals surface area contributed by atoms with E-state index in [0.29, 0.717) is 74.3 Å². The molecule has 5 rings (SSSR count). The second-order valence-corrected chi connectivity index (χ2v) is 20.0. The Labute approximate surface area is 414 Å². The predicted molar refractivity (Wildman–Crippen MR) is 264 cm³/mol. The highest BCUT2D eigenvalue weighted by molar-refractivity contribution is 8.00. The highest BCUT2D eigenvalue weighted by Gasteiger charge is 2.43. The van der Waals surface area contributed by atoms with Crippen LogP contribution in [0.25, 0.3) is 0 Å². The van der Waals surface area contributed by atoms with Crippen molar-refractivity contribution in [2.24, 2.45) is 0 Å². The summed E-state index contributed by atoms with van der Waals surface area (Å²) in [7, 11) is 0. The molecule has 0 spiro atoms. The molecule has 2 aromatic carbocycles. The molecule has 0 saturated carbocycles. The molecule has 18 nitrogen and oxygen atoms in total. The number of carboxylic acid groups (broad SMARTS) is 1. The van der Waals surface area contributed by atoms with Crippen molar-refractivity contribution >= 4 is 65.1 Å². The molecular formula is C51H71N7O11S. The van der Waals surface area contributed by atoms with Gasteiger partial charge in [0, 0.05) is 43.4 Å². The summed E-state index contributed by atoms with van der Waals surface area (Å²) in [6.45, 7) is 7.10. The Bertz CT molecular complexity index is 2170. The number of aryl methyl sites for hydroxylation is 3. The van der Waals surface area contributed by atoms with Crippen molar-refractivity contribution in [2.45, 2.75) is 166 Å². The van der Waals surface area contributed by atoms with Gasteiger partial charge in [0.05, 0.1) is 24.1 Å².